The van der Waals surface area contributed by atoms with E-state index in [9.17, 15) is 5.11 Å². The van der Waals surface area contributed by atoms with E-state index in [1.807, 2.05) is 24.3 Å². The van der Waals surface area contributed by atoms with E-state index in [4.69, 9.17) is 9.47 Å². The van der Waals surface area contributed by atoms with Crippen LogP contribution >= 0.6 is 0 Å². The Morgan fingerprint density at radius 3 is 2.53 bits per heavy atom. The molecule has 0 aliphatic heterocycles. The van der Waals surface area contributed by atoms with Crippen molar-refractivity contribution in [1.82, 2.24) is 4.98 Å². The average Bonchev–Trinajstić information content (AvgIpc) is 2.47. The largest absolute Gasteiger partial charge is 0.496 e. The van der Waals surface area contributed by atoms with E-state index in [-0.39, 0.29) is 0 Å². The normalized spacial score (nSPS) is 13.7. The van der Waals surface area contributed by atoms with Gasteiger partial charge in [0, 0.05) is 17.3 Å². The molecule has 1 atom stereocenters. The summed E-state index contributed by atoms with van der Waals surface area (Å²) in [4.78, 5) is 4.08. The van der Waals surface area contributed by atoms with Crippen LogP contribution < -0.4 is 9.47 Å². The third-order valence-electron chi connectivity index (χ3n) is 3.14. The minimum absolute atomic E-state index is 0.604. The summed E-state index contributed by atoms with van der Waals surface area (Å²) in [6.07, 6.45) is 3.22. The van der Waals surface area contributed by atoms with Gasteiger partial charge in [-0.1, -0.05) is 18.2 Å². The molecule has 4 nitrogen and oxygen atoms in total. The van der Waals surface area contributed by atoms with E-state index < -0.39 is 5.60 Å². The molecule has 0 radical (unpaired) electrons. The summed E-state index contributed by atoms with van der Waals surface area (Å²) in [5.74, 6) is 1.24. The van der Waals surface area contributed by atoms with Gasteiger partial charge in [0.05, 0.1) is 20.4 Å². The standard InChI is InChI=1S/C15H17NO3/c1-15(17,11-8-12(18-2)10-16-9-11)13-6-4-5-7-14(13)19-3/h4-10,17H,1-3H3. The molecule has 0 fully saturated rings. The molecule has 4 heteroatoms. The number of nitrogens with zero attached hydrogens (tertiary/aromatic N) is 1. The van der Waals surface area contributed by atoms with Gasteiger partial charge < -0.3 is 14.6 Å². The molecule has 1 heterocycles. The summed E-state index contributed by atoms with van der Waals surface area (Å²) in [7, 11) is 3.15. The summed E-state index contributed by atoms with van der Waals surface area (Å²) in [6, 6.07) is 9.14. The van der Waals surface area contributed by atoms with Crippen LogP contribution in [0.2, 0.25) is 0 Å². The Morgan fingerprint density at radius 1 is 1.11 bits per heavy atom. The maximum atomic E-state index is 10.8. The molecule has 1 aromatic carbocycles. The highest BCUT2D eigenvalue weighted by Gasteiger charge is 2.29. The zero-order chi connectivity index (χ0) is 13.9. The van der Waals surface area contributed by atoms with Gasteiger partial charge in [0.15, 0.2) is 0 Å². The van der Waals surface area contributed by atoms with Crippen LogP contribution in [0.15, 0.2) is 42.7 Å². The molecule has 0 spiro atoms. The molecule has 0 bridgehead atoms. The summed E-state index contributed by atoms with van der Waals surface area (Å²) < 4.78 is 10.4. The first kappa shape index (κ1) is 13.4. The van der Waals surface area contributed by atoms with Crippen LogP contribution in [0.25, 0.3) is 0 Å². The lowest BCUT2D eigenvalue weighted by Gasteiger charge is -2.26. The second-order valence-electron chi connectivity index (χ2n) is 4.39. The summed E-state index contributed by atoms with van der Waals surface area (Å²) in [5.41, 5.74) is 0.137. The van der Waals surface area contributed by atoms with Gasteiger partial charge in [-0.05, 0) is 19.1 Å². The zero-order valence-electron chi connectivity index (χ0n) is 11.3. The van der Waals surface area contributed by atoms with E-state index in [1.165, 1.54) is 0 Å². The first-order valence-corrected chi connectivity index (χ1v) is 5.95. The number of rotatable bonds is 4. The van der Waals surface area contributed by atoms with Crippen molar-refractivity contribution >= 4 is 0 Å². The van der Waals surface area contributed by atoms with Crippen molar-refractivity contribution in [1.29, 1.82) is 0 Å². The van der Waals surface area contributed by atoms with Crippen molar-refractivity contribution in [3.05, 3.63) is 53.9 Å². The molecule has 1 aromatic heterocycles. The van der Waals surface area contributed by atoms with Crippen LogP contribution in [-0.4, -0.2) is 24.3 Å². The van der Waals surface area contributed by atoms with E-state index in [0.29, 0.717) is 22.6 Å². The van der Waals surface area contributed by atoms with E-state index in [2.05, 4.69) is 4.98 Å². The SMILES string of the molecule is COc1cncc(C(C)(O)c2ccccc2OC)c1. The number of para-hydroxylation sites is 1. The fraction of sp³-hybridized carbons (Fsp3) is 0.267. The molecular formula is C15H17NO3. The Morgan fingerprint density at radius 2 is 1.84 bits per heavy atom. The number of aliphatic hydroxyl groups is 1. The summed E-state index contributed by atoms with van der Waals surface area (Å²) in [6.45, 7) is 1.71. The molecule has 0 saturated heterocycles. The van der Waals surface area contributed by atoms with Crippen molar-refractivity contribution in [2.24, 2.45) is 0 Å². The Bertz CT molecular complexity index is 567. The molecule has 19 heavy (non-hydrogen) atoms. The molecule has 0 saturated carbocycles. The monoisotopic (exact) mass is 259 g/mol. The molecule has 1 N–H and O–H groups in total. The van der Waals surface area contributed by atoms with Gasteiger partial charge >= 0.3 is 0 Å². The smallest absolute Gasteiger partial charge is 0.137 e. The van der Waals surface area contributed by atoms with Crippen LogP contribution in [0.4, 0.5) is 0 Å². The van der Waals surface area contributed by atoms with Gasteiger partial charge in [0.1, 0.15) is 17.1 Å². The molecule has 0 aliphatic carbocycles. The molecule has 1 unspecified atom stereocenters. The van der Waals surface area contributed by atoms with Crippen molar-refractivity contribution in [2.75, 3.05) is 14.2 Å². The van der Waals surface area contributed by atoms with Crippen LogP contribution in [-0.2, 0) is 5.60 Å². The summed E-state index contributed by atoms with van der Waals surface area (Å²) >= 11 is 0. The van der Waals surface area contributed by atoms with E-state index >= 15 is 0 Å². The van der Waals surface area contributed by atoms with Crippen molar-refractivity contribution in [2.45, 2.75) is 12.5 Å². The minimum atomic E-state index is -1.20. The maximum absolute atomic E-state index is 10.8. The second kappa shape index (κ2) is 5.28. The van der Waals surface area contributed by atoms with Crippen molar-refractivity contribution in [3.8, 4) is 11.5 Å². The predicted molar refractivity (Wildman–Crippen MR) is 72.5 cm³/mol. The lowest BCUT2D eigenvalue weighted by atomic mass is 9.88. The molecule has 2 aromatic rings. The van der Waals surface area contributed by atoms with Gasteiger partial charge in [0.2, 0.25) is 0 Å². The Kier molecular flexibility index (Phi) is 3.71. The number of aromatic nitrogens is 1. The minimum Gasteiger partial charge on any atom is -0.496 e. The van der Waals surface area contributed by atoms with Crippen molar-refractivity contribution in [3.63, 3.8) is 0 Å². The Balaban J connectivity index is 2.51. The maximum Gasteiger partial charge on any atom is 0.137 e. The van der Waals surface area contributed by atoms with Crippen LogP contribution in [0, 0.1) is 0 Å². The number of pyridine rings is 1. The fourth-order valence-corrected chi connectivity index (χ4v) is 2.00. The number of hydrogen-bond acceptors (Lipinski definition) is 4. The van der Waals surface area contributed by atoms with Crippen LogP contribution in [0.3, 0.4) is 0 Å². The lowest BCUT2D eigenvalue weighted by molar-refractivity contribution is 0.0982. The van der Waals surface area contributed by atoms with Gasteiger partial charge in [-0.15, -0.1) is 0 Å². The lowest BCUT2D eigenvalue weighted by Crippen LogP contribution is -2.23. The highest BCUT2D eigenvalue weighted by atomic mass is 16.5. The Labute approximate surface area is 112 Å². The first-order valence-electron chi connectivity index (χ1n) is 5.95. The summed E-state index contributed by atoms with van der Waals surface area (Å²) in [5, 5.41) is 10.8. The highest BCUT2D eigenvalue weighted by molar-refractivity contribution is 5.44. The molecule has 2 rings (SSSR count). The fourth-order valence-electron chi connectivity index (χ4n) is 2.00. The van der Waals surface area contributed by atoms with Gasteiger partial charge in [-0.3, -0.25) is 4.98 Å². The van der Waals surface area contributed by atoms with Gasteiger partial charge in [0.25, 0.3) is 0 Å². The first-order chi connectivity index (χ1) is 9.09. The molecule has 100 valence electrons. The predicted octanol–water partition coefficient (Wildman–Crippen LogP) is 2.35. The van der Waals surface area contributed by atoms with Gasteiger partial charge in [-0.2, -0.15) is 0 Å². The molecular weight excluding hydrogens is 242 g/mol. The number of ether oxygens (including phenoxy) is 2. The molecule has 0 aliphatic rings. The third kappa shape index (κ3) is 2.53. The number of methoxy groups -OCH3 is 2. The van der Waals surface area contributed by atoms with Crippen LogP contribution in [0.1, 0.15) is 18.1 Å². The quantitative estimate of drug-likeness (QED) is 0.915. The second-order valence-corrected chi connectivity index (χ2v) is 4.39. The zero-order valence-corrected chi connectivity index (χ0v) is 11.3. The van der Waals surface area contributed by atoms with E-state index in [0.717, 1.165) is 0 Å². The topological polar surface area (TPSA) is 51.6 Å². The number of benzene rings is 1. The van der Waals surface area contributed by atoms with Gasteiger partial charge in [-0.25, -0.2) is 0 Å². The third-order valence-corrected chi connectivity index (χ3v) is 3.14. The number of hydrogen-bond donors (Lipinski definition) is 1. The van der Waals surface area contributed by atoms with Crippen LogP contribution in [0.5, 0.6) is 11.5 Å². The average molecular weight is 259 g/mol. The Hall–Kier alpha value is -2.07. The highest BCUT2D eigenvalue weighted by Crippen LogP contribution is 2.35. The molecule has 0 amide bonds. The van der Waals surface area contributed by atoms with E-state index in [1.54, 1.807) is 39.6 Å². The van der Waals surface area contributed by atoms with Crippen molar-refractivity contribution < 1.29 is 14.6 Å².